The smallest absolute Gasteiger partial charge is 0.303 e. The second kappa shape index (κ2) is 9.26. The topological polar surface area (TPSA) is 75.1 Å². The summed E-state index contributed by atoms with van der Waals surface area (Å²) in [5.74, 6) is 0.820. The highest BCUT2D eigenvalue weighted by atomic mass is 35.5. The molecule has 0 unspecified atom stereocenters. The standard InChI is InChI=1S/C24H24ClN3O2/c25-20-2-1-3-21(15-20)26-23-13-12-22(27-28-23)19-10-8-18(9-11-19)17-6-4-16(5-7-17)14-24(29)30/h1-3,8-13,15-17H,4-7,14H2,(H,26,28)(H,29,30)/t16-,17+. The van der Waals surface area contributed by atoms with Crippen LogP contribution >= 0.6 is 11.6 Å². The Kier molecular flexibility index (Phi) is 6.29. The van der Waals surface area contributed by atoms with Gasteiger partial charge in [0.2, 0.25) is 0 Å². The number of hydrogen-bond acceptors (Lipinski definition) is 4. The molecule has 0 amide bonds. The third-order valence-corrected chi connectivity index (χ3v) is 5.98. The average Bonchev–Trinajstić information content (AvgIpc) is 2.75. The number of aromatic nitrogens is 2. The summed E-state index contributed by atoms with van der Waals surface area (Å²) in [5.41, 5.74) is 4.04. The molecule has 3 aromatic rings. The van der Waals surface area contributed by atoms with Crippen molar-refractivity contribution in [3.63, 3.8) is 0 Å². The summed E-state index contributed by atoms with van der Waals surface area (Å²) in [4.78, 5) is 10.9. The second-order valence-corrected chi connectivity index (χ2v) is 8.31. The van der Waals surface area contributed by atoms with E-state index in [1.165, 1.54) is 5.56 Å². The van der Waals surface area contributed by atoms with Crippen LogP contribution in [0.15, 0.2) is 60.7 Å². The number of carboxylic acids is 1. The minimum atomic E-state index is -0.683. The molecule has 0 atom stereocenters. The van der Waals surface area contributed by atoms with Crippen LogP contribution in [-0.2, 0) is 4.79 Å². The van der Waals surface area contributed by atoms with Gasteiger partial charge in [-0.25, -0.2) is 0 Å². The number of benzene rings is 2. The highest BCUT2D eigenvalue weighted by molar-refractivity contribution is 6.30. The number of carbonyl (C=O) groups is 1. The SMILES string of the molecule is O=C(O)C[C@H]1CC[C@@H](c2ccc(-c3ccc(Nc4cccc(Cl)c4)nn3)cc2)CC1. The van der Waals surface area contributed by atoms with Gasteiger partial charge in [-0.05, 0) is 73.4 Å². The number of rotatable bonds is 6. The van der Waals surface area contributed by atoms with Gasteiger partial charge < -0.3 is 10.4 Å². The van der Waals surface area contributed by atoms with Crippen molar-refractivity contribution in [1.29, 1.82) is 0 Å². The maximum atomic E-state index is 10.9. The van der Waals surface area contributed by atoms with Gasteiger partial charge in [0.05, 0.1) is 5.69 Å². The molecule has 0 aliphatic heterocycles. The Balaban J connectivity index is 1.37. The molecule has 30 heavy (non-hydrogen) atoms. The molecule has 1 aliphatic carbocycles. The Bertz CT molecular complexity index is 998. The van der Waals surface area contributed by atoms with Gasteiger partial charge in [-0.1, -0.05) is 41.9 Å². The quantitative estimate of drug-likeness (QED) is 0.489. The third-order valence-electron chi connectivity index (χ3n) is 5.75. The number of halogens is 1. The first-order chi connectivity index (χ1) is 14.6. The molecule has 6 heteroatoms. The normalized spacial score (nSPS) is 18.7. The van der Waals surface area contributed by atoms with E-state index in [-0.39, 0.29) is 0 Å². The van der Waals surface area contributed by atoms with Gasteiger partial charge >= 0.3 is 5.97 Å². The summed E-state index contributed by atoms with van der Waals surface area (Å²) >= 11 is 6.01. The van der Waals surface area contributed by atoms with E-state index in [1.807, 2.05) is 36.4 Å². The Hall–Kier alpha value is -2.92. The van der Waals surface area contributed by atoms with E-state index in [1.54, 1.807) is 0 Å². The van der Waals surface area contributed by atoms with Crippen LogP contribution in [0.4, 0.5) is 11.5 Å². The molecule has 1 aromatic heterocycles. The van der Waals surface area contributed by atoms with E-state index >= 15 is 0 Å². The summed E-state index contributed by atoms with van der Waals surface area (Å²) in [5, 5.41) is 21.4. The van der Waals surface area contributed by atoms with E-state index < -0.39 is 5.97 Å². The number of carboxylic acid groups (broad SMARTS) is 1. The lowest BCUT2D eigenvalue weighted by atomic mass is 9.77. The molecular formula is C24H24ClN3O2. The van der Waals surface area contributed by atoms with Crippen LogP contribution in [-0.4, -0.2) is 21.3 Å². The molecule has 1 heterocycles. The maximum absolute atomic E-state index is 10.9. The molecule has 1 fully saturated rings. The summed E-state index contributed by atoms with van der Waals surface area (Å²) in [6, 6.07) is 19.8. The number of nitrogens with one attached hydrogen (secondary N) is 1. The lowest BCUT2D eigenvalue weighted by Gasteiger charge is -2.28. The van der Waals surface area contributed by atoms with Crippen molar-refractivity contribution < 1.29 is 9.90 Å². The molecule has 0 spiro atoms. The van der Waals surface area contributed by atoms with Crippen LogP contribution in [0, 0.1) is 5.92 Å². The van der Waals surface area contributed by atoms with Crippen LogP contribution in [0.3, 0.4) is 0 Å². The minimum Gasteiger partial charge on any atom is -0.481 e. The van der Waals surface area contributed by atoms with Crippen molar-refractivity contribution in [2.24, 2.45) is 5.92 Å². The molecule has 4 rings (SSSR count). The summed E-state index contributed by atoms with van der Waals surface area (Å²) < 4.78 is 0. The third kappa shape index (κ3) is 5.16. The highest BCUT2D eigenvalue weighted by Crippen LogP contribution is 2.37. The molecule has 0 radical (unpaired) electrons. The zero-order valence-electron chi connectivity index (χ0n) is 16.6. The fraction of sp³-hybridized carbons (Fsp3) is 0.292. The monoisotopic (exact) mass is 421 g/mol. The van der Waals surface area contributed by atoms with Crippen molar-refractivity contribution in [3.8, 4) is 11.3 Å². The van der Waals surface area contributed by atoms with E-state index in [0.29, 0.717) is 29.1 Å². The predicted molar refractivity (Wildman–Crippen MR) is 119 cm³/mol. The van der Waals surface area contributed by atoms with E-state index in [9.17, 15) is 4.79 Å². The van der Waals surface area contributed by atoms with Crippen molar-refractivity contribution >= 4 is 29.1 Å². The van der Waals surface area contributed by atoms with E-state index in [4.69, 9.17) is 16.7 Å². The molecule has 0 bridgehead atoms. The van der Waals surface area contributed by atoms with Crippen LogP contribution in [0.25, 0.3) is 11.3 Å². The second-order valence-electron chi connectivity index (χ2n) is 7.88. The van der Waals surface area contributed by atoms with Crippen molar-refractivity contribution in [2.45, 2.75) is 38.0 Å². The first-order valence-electron chi connectivity index (χ1n) is 10.3. The van der Waals surface area contributed by atoms with Gasteiger partial charge in [-0.15, -0.1) is 10.2 Å². The number of nitrogens with zero attached hydrogens (tertiary/aromatic N) is 2. The van der Waals surface area contributed by atoms with E-state index in [2.05, 4.69) is 39.8 Å². The van der Waals surface area contributed by atoms with Crippen LogP contribution < -0.4 is 5.32 Å². The molecule has 1 aliphatic rings. The van der Waals surface area contributed by atoms with Crippen LogP contribution in [0.1, 0.15) is 43.6 Å². The summed E-state index contributed by atoms with van der Waals surface area (Å²) in [6.45, 7) is 0. The fourth-order valence-electron chi connectivity index (χ4n) is 4.14. The zero-order valence-corrected chi connectivity index (χ0v) is 17.3. The van der Waals surface area contributed by atoms with Crippen molar-refractivity contribution in [1.82, 2.24) is 10.2 Å². The van der Waals surface area contributed by atoms with Gasteiger partial charge in [0.25, 0.3) is 0 Å². The Morgan fingerprint density at radius 3 is 2.40 bits per heavy atom. The lowest BCUT2D eigenvalue weighted by Crippen LogP contribution is -2.16. The fourth-order valence-corrected chi connectivity index (χ4v) is 4.33. The number of hydrogen-bond donors (Lipinski definition) is 2. The van der Waals surface area contributed by atoms with Crippen LogP contribution in [0.2, 0.25) is 5.02 Å². The van der Waals surface area contributed by atoms with Gasteiger partial charge in [0.15, 0.2) is 5.82 Å². The maximum Gasteiger partial charge on any atom is 0.303 e. The molecule has 0 saturated heterocycles. The lowest BCUT2D eigenvalue weighted by molar-refractivity contribution is -0.138. The van der Waals surface area contributed by atoms with Crippen molar-refractivity contribution in [3.05, 3.63) is 71.2 Å². The summed E-state index contributed by atoms with van der Waals surface area (Å²) in [6.07, 6.45) is 4.39. The number of aliphatic carboxylic acids is 1. The largest absolute Gasteiger partial charge is 0.481 e. The molecule has 2 aromatic carbocycles. The first kappa shape index (κ1) is 20.4. The Morgan fingerprint density at radius 1 is 1.00 bits per heavy atom. The molecule has 154 valence electrons. The molecule has 2 N–H and O–H groups in total. The predicted octanol–water partition coefficient (Wildman–Crippen LogP) is 6.29. The van der Waals surface area contributed by atoms with Gasteiger partial charge in [-0.2, -0.15) is 0 Å². The Labute approximate surface area is 181 Å². The van der Waals surface area contributed by atoms with Gasteiger partial charge in [-0.3, -0.25) is 4.79 Å². The number of anilines is 2. The van der Waals surface area contributed by atoms with Gasteiger partial charge in [0.1, 0.15) is 0 Å². The Morgan fingerprint density at radius 2 is 1.77 bits per heavy atom. The van der Waals surface area contributed by atoms with Crippen molar-refractivity contribution in [2.75, 3.05) is 5.32 Å². The minimum absolute atomic E-state index is 0.298. The first-order valence-corrected chi connectivity index (χ1v) is 10.6. The average molecular weight is 422 g/mol. The van der Waals surface area contributed by atoms with Crippen LogP contribution in [0.5, 0.6) is 0 Å². The van der Waals surface area contributed by atoms with E-state index in [0.717, 1.165) is 42.6 Å². The molecular weight excluding hydrogens is 398 g/mol. The van der Waals surface area contributed by atoms with Gasteiger partial charge in [0, 0.05) is 22.7 Å². The zero-order chi connectivity index (χ0) is 20.9. The molecule has 1 saturated carbocycles. The molecule has 5 nitrogen and oxygen atoms in total. The highest BCUT2D eigenvalue weighted by Gasteiger charge is 2.23. The summed E-state index contributed by atoms with van der Waals surface area (Å²) in [7, 11) is 0.